The largest absolute Gasteiger partial charge is 0.409 e. The summed E-state index contributed by atoms with van der Waals surface area (Å²) in [6, 6.07) is 5.96. The molecule has 0 atom stereocenters. The molecule has 0 fully saturated rings. The minimum atomic E-state index is 0.0619. The molecule has 2 aromatic heterocycles. The number of amidine groups is 1. The smallest absolute Gasteiger partial charge is 0.173 e. The molecule has 5 nitrogen and oxygen atoms in total. The molecule has 2 aromatic rings. The summed E-state index contributed by atoms with van der Waals surface area (Å²) < 4.78 is 0. The number of rotatable bonds is 3. The molecule has 0 radical (unpaired) electrons. The van der Waals surface area contributed by atoms with Crippen molar-refractivity contribution in [3.63, 3.8) is 0 Å². The summed E-state index contributed by atoms with van der Waals surface area (Å²) in [5.74, 6) is 0.0619. The van der Waals surface area contributed by atoms with Crippen molar-refractivity contribution in [1.29, 1.82) is 0 Å². The second kappa shape index (κ2) is 6.13. The molecular weight excluding hydrogens is 284 g/mol. The van der Waals surface area contributed by atoms with E-state index in [0.29, 0.717) is 5.56 Å². The average molecular weight is 302 g/mol. The van der Waals surface area contributed by atoms with Crippen LogP contribution in [0.3, 0.4) is 0 Å². The monoisotopic (exact) mass is 302 g/mol. The van der Waals surface area contributed by atoms with Gasteiger partial charge in [0.25, 0.3) is 0 Å². The number of oxime groups is 1. The maximum Gasteiger partial charge on any atom is 0.173 e. The van der Waals surface area contributed by atoms with Gasteiger partial charge in [-0.1, -0.05) is 16.9 Å². The number of aryl methyl sites for hydroxylation is 4. The second-order valence-electron chi connectivity index (χ2n) is 4.93. The van der Waals surface area contributed by atoms with E-state index >= 15 is 0 Å². The Morgan fingerprint density at radius 3 is 2.38 bits per heavy atom. The van der Waals surface area contributed by atoms with Crippen LogP contribution in [-0.4, -0.2) is 21.0 Å². The van der Waals surface area contributed by atoms with Crippen LogP contribution in [0.5, 0.6) is 0 Å². The molecule has 0 bridgehead atoms. The zero-order chi connectivity index (χ0) is 15.6. The van der Waals surface area contributed by atoms with Crippen LogP contribution in [-0.2, 0) is 0 Å². The van der Waals surface area contributed by atoms with Gasteiger partial charge in [-0.25, -0.2) is 4.98 Å². The predicted molar refractivity (Wildman–Crippen MR) is 84.1 cm³/mol. The summed E-state index contributed by atoms with van der Waals surface area (Å²) in [5, 5.41) is 13.0. The van der Waals surface area contributed by atoms with Gasteiger partial charge in [-0.05, 0) is 51.5 Å². The highest BCUT2D eigenvalue weighted by molar-refractivity contribution is 7.99. The Kier molecular flexibility index (Phi) is 4.47. The highest BCUT2D eigenvalue weighted by Gasteiger charge is 2.15. The van der Waals surface area contributed by atoms with Crippen LogP contribution in [0.1, 0.15) is 28.2 Å². The van der Waals surface area contributed by atoms with Crippen molar-refractivity contribution in [2.24, 2.45) is 10.9 Å². The number of nitrogens with zero attached hydrogens (tertiary/aromatic N) is 3. The maximum absolute atomic E-state index is 8.97. The highest BCUT2D eigenvalue weighted by Crippen LogP contribution is 2.31. The lowest BCUT2D eigenvalue weighted by atomic mass is 10.1. The quantitative estimate of drug-likeness (QED) is 0.394. The minimum absolute atomic E-state index is 0.0619. The van der Waals surface area contributed by atoms with Crippen LogP contribution in [0.4, 0.5) is 0 Å². The summed E-state index contributed by atoms with van der Waals surface area (Å²) in [5.41, 5.74) is 10.2. The zero-order valence-corrected chi connectivity index (χ0v) is 13.3. The first kappa shape index (κ1) is 15.3. The molecule has 2 heterocycles. The van der Waals surface area contributed by atoms with Gasteiger partial charge >= 0.3 is 0 Å². The predicted octanol–water partition coefficient (Wildman–Crippen LogP) is 2.96. The van der Waals surface area contributed by atoms with E-state index in [1.165, 1.54) is 11.8 Å². The lowest BCUT2D eigenvalue weighted by Crippen LogP contribution is -2.17. The highest BCUT2D eigenvalue weighted by atomic mass is 32.2. The Hall–Kier alpha value is -2.08. The number of hydrogen-bond acceptors (Lipinski definition) is 5. The molecule has 3 N–H and O–H groups in total. The van der Waals surface area contributed by atoms with Crippen LogP contribution in [0.2, 0.25) is 0 Å². The summed E-state index contributed by atoms with van der Waals surface area (Å²) in [7, 11) is 0. The molecule has 0 aromatic carbocycles. The molecule has 0 spiro atoms. The molecule has 0 saturated carbocycles. The van der Waals surface area contributed by atoms with E-state index in [0.717, 1.165) is 32.6 Å². The van der Waals surface area contributed by atoms with Gasteiger partial charge in [0.1, 0.15) is 5.03 Å². The lowest BCUT2D eigenvalue weighted by Gasteiger charge is -2.12. The molecule has 21 heavy (non-hydrogen) atoms. The average Bonchev–Trinajstić information content (AvgIpc) is 2.36. The number of aromatic nitrogens is 2. The Balaban J connectivity index is 2.52. The van der Waals surface area contributed by atoms with E-state index in [1.807, 2.05) is 45.9 Å². The standard InChI is InChI=1S/C15H18N4OS/c1-8-5-9(2)18-13(6-8)21-12-7-10(3)17-11(4)14(12)15(16)19-20/h5-7,20H,1-4H3,(H2,16,19). The van der Waals surface area contributed by atoms with Gasteiger partial charge < -0.3 is 10.9 Å². The van der Waals surface area contributed by atoms with E-state index in [1.54, 1.807) is 0 Å². The molecule has 2 rings (SSSR count). The van der Waals surface area contributed by atoms with Crippen molar-refractivity contribution in [1.82, 2.24) is 9.97 Å². The van der Waals surface area contributed by atoms with Crippen molar-refractivity contribution in [2.75, 3.05) is 0 Å². The first-order valence-corrected chi connectivity index (χ1v) is 7.31. The molecule has 0 aliphatic heterocycles. The molecule has 110 valence electrons. The fourth-order valence-electron chi connectivity index (χ4n) is 2.20. The van der Waals surface area contributed by atoms with E-state index < -0.39 is 0 Å². The second-order valence-corrected chi connectivity index (χ2v) is 6.00. The van der Waals surface area contributed by atoms with Crippen LogP contribution in [0.15, 0.2) is 33.3 Å². The fraction of sp³-hybridized carbons (Fsp3) is 0.267. The van der Waals surface area contributed by atoms with E-state index in [-0.39, 0.29) is 5.84 Å². The van der Waals surface area contributed by atoms with Gasteiger partial charge in [0.15, 0.2) is 5.84 Å². The van der Waals surface area contributed by atoms with Crippen LogP contribution >= 0.6 is 11.8 Å². The van der Waals surface area contributed by atoms with Crippen molar-refractivity contribution in [3.05, 3.63) is 46.4 Å². The topological polar surface area (TPSA) is 84.4 Å². The first-order valence-electron chi connectivity index (χ1n) is 6.50. The van der Waals surface area contributed by atoms with Crippen LogP contribution < -0.4 is 5.73 Å². The fourth-order valence-corrected chi connectivity index (χ4v) is 3.45. The summed E-state index contributed by atoms with van der Waals surface area (Å²) >= 11 is 1.49. The van der Waals surface area contributed by atoms with Crippen LogP contribution in [0, 0.1) is 27.7 Å². The minimum Gasteiger partial charge on any atom is -0.409 e. The van der Waals surface area contributed by atoms with Crippen molar-refractivity contribution >= 4 is 17.6 Å². The van der Waals surface area contributed by atoms with E-state index in [2.05, 4.69) is 15.1 Å². The molecule has 6 heteroatoms. The third-order valence-electron chi connectivity index (χ3n) is 2.94. The van der Waals surface area contributed by atoms with Crippen molar-refractivity contribution in [3.8, 4) is 0 Å². The van der Waals surface area contributed by atoms with Crippen molar-refractivity contribution in [2.45, 2.75) is 37.6 Å². The molecule has 0 amide bonds. The Labute approximate surface area is 128 Å². The van der Waals surface area contributed by atoms with E-state index in [9.17, 15) is 0 Å². The maximum atomic E-state index is 8.97. The van der Waals surface area contributed by atoms with Gasteiger partial charge in [0, 0.05) is 22.0 Å². The molecule has 0 aliphatic carbocycles. The van der Waals surface area contributed by atoms with Gasteiger partial charge in [-0.2, -0.15) is 0 Å². The Bertz CT molecular complexity index is 693. The third kappa shape index (κ3) is 3.52. The van der Waals surface area contributed by atoms with Gasteiger partial charge in [0.2, 0.25) is 0 Å². The third-order valence-corrected chi connectivity index (χ3v) is 3.91. The normalized spacial score (nSPS) is 11.7. The molecular formula is C15H18N4OS. The first-order chi connectivity index (χ1) is 9.90. The number of hydrogen-bond donors (Lipinski definition) is 2. The SMILES string of the molecule is Cc1cc(C)nc(Sc2cc(C)nc(C)c2/C(N)=N/O)c1. The summed E-state index contributed by atoms with van der Waals surface area (Å²) in [6.45, 7) is 7.76. The molecule has 0 unspecified atom stereocenters. The summed E-state index contributed by atoms with van der Waals surface area (Å²) in [6.07, 6.45) is 0. The molecule has 0 aliphatic rings. The van der Waals surface area contributed by atoms with Gasteiger partial charge in [-0.15, -0.1) is 0 Å². The molecule has 0 saturated heterocycles. The lowest BCUT2D eigenvalue weighted by molar-refractivity contribution is 0.318. The van der Waals surface area contributed by atoms with E-state index in [4.69, 9.17) is 10.9 Å². The zero-order valence-electron chi connectivity index (χ0n) is 12.5. The van der Waals surface area contributed by atoms with Crippen molar-refractivity contribution < 1.29 is 5.21 Å². The summed E-state index contributed by atoms with van der Waals surface area (Å²) in [4.78, 5) is 9.77. The number of nitrogens with two attached hydrogens (primary N) is 1. The van der Waals surface area contributed by atoms with Crippen LogP contribution in [0.25, 0.3) is 0 Å². The van der Waals surface area contributed by atoms with Gasteiger partial charge in [0.05, 0.1) is 5.56 Å². The number of pyridine rings is 2. The van der Waals surface area contributed by atoms with Gasteiger partial charge in [-0.3, -0.25) is 4.98 Å². The Morgan fingerprint density at radius 1 is 1.10 bits per heavy atom. The Morgan fingerprint density at radius 2 is 1.76 bits per heavy atom.